The molecule has 0 aliphatic heterocycles. The van der Waals surface area contributed by atoms with Gasteiger partial charge >= 0.3 is 5.97 Å². The van der Waals surface area contributed by atoms with Gasteiger partial charge in [0.05, 0.1) is 10.8 Å². The summed E-state index contributed by atoms with van der Waals surface area (Å²) < 4.78 is 27.3. The van der Waals surface area contributed by atoms with Crippen LogP contribution in [0, 0.1) is 5.92 Å². The van der Waals surface area contributed by atoms with Gasteiger partial charge in [0.15, 0.2) is 0 Å². The standard InChI is InChI=1S/C14H18ClNO4S/c15-10-5-4-6-11(9-10)21(19,20)16-13-8-3-1-2-7-12(13)14(17)18/h4-6,9,12-13,16H,1-3,7-8H2,(H,17,18). The molecule has 2 unspecified atom stereocenters. The molecule has 0 amide bonds. The van der Waals surface area contributed by atoms with Crippen molar-refractivity contribution in [1.82, 2.24) is 4.72 Å². The van der Waals surface area contributed by atoms with Gasteiger partial charge in [-0.25, -0.2) is 13.1 Å². The number of sulfonamides is 1. The van der Waals surface area contributed by atoms with Crippen LogP contribution in [0.5, 0.6) is 0 Å². The van der Waals surface area contributed by atoms with Gasteiger partial charge in [-0.05, 0) is 31.0 Å². The molecule has 0 radical (unpaired) electrons. The van der Waals surface area contributed by atoms with Gasteiger partial charge in [-0.3, -0.25) is 4.79 Å². The molecule has 2 atom stereocenters. The maximum Gasteiger partial charge on any atom is 0.308 e. The summed E-state index contributed by atoms with van der Waals surface area (Å²) in [4.78, 5) is 11.4. The van der Waals surface area contributed by atoms with Crippen molar-refractivity contribution in [1.29, 1.82) is 0 Å². The van der Waals surface area contributed by atoms with E-state index in [1.165, 1.54) is 12.1 Å². The largest absolute Gasteiger partial charge is 0.481 e. The van der Waals surface area contributed by atoms with Crippen LogP contribution in [0.1, 0.15) is 32.1 Å². The molecule has 1 aromatic rings. The number of carbonyl (C=O) groups is 1. The maximum absolute atomic E-state index is 12.4. The zero-order valence-electron chi connectivity index (χ0n) is 11.5. The molecule has 1 saturated carbocycles. The van der Waals surface area contributed by atoms with E-state index in [-0.39, 0.29) is 4.90 Å². The number of carboxylic acids is 1. The van der Waals surface area contributed by atoms with Crippen molar-refractivity contribution < 1.29 is 18.3 Å². The van der Waals surface area contributed by atoms with Gasteiger partial charge in [-0.1, -0.05) is 36.9 Å². The van der Waals surface area contributed by atoms with Crippen molar-refractivity contribution in [2.24, 2.45) is 5.92 Å². The average Bonchev–Trinajstić information content (AvgIpc) is 2.63. The molecule has 1 fully saturated rings. The number of hydrogen-bond donors (Lipinski definition) is 2. The Balaban J connectivity index is 2.23. The Labute approximate surface area is 129 Å². The van der Waals surface area contributed by atoms with Crippen molar-refractivity contribution in [3.05, 3.63) is 29.3 Å². The summed E-state index contributed by atoms with van der Waals surface area (Å²) in [5.41, 5.74) is 0. The fraction of sp³-hybridized carbons (Fsp3) is 0.500. The Morgan fingerprint density at radius 3 is 2.62 bits per heavy atom. The summed E-state index contributed by atoms with van der Waals surface area (Å²) in [6.45, 7) is 0. The highest BCUT2D eigenvalue weighted by molar-refractivity contribution is 7.89. The first-order valence-corrected chi connectivity index (χ1v) is 8.77. The van der Waals surface area contributed by atoms with E-state index in [0.717, 1.165) is 19.3 Å². The number of rotatable bonds is 4. The van der Waals surface area contributed by atoms with Crippen LogP contribution < -0.4 is 4.72 Å². The van der Waals surface area contributed by atoms with Gasteiger partial charge in [0.1, 0.15) is 0 Å². The van der Waals surface area contributed by atoms with Gasteiger partial charge in [-0.2, -0.15) is 0 Å². The van der Waals surface area contributed by atoms with Crippen molar-refractivity contribution in [3.8, 4) is 0 Å². The highest BCUT2D eigenvalue weighted by Gasteiger charge is 2.32. The quantitative estimate of drug-likeness (QED) is 0.831. The van der Waals surface area contributed by atoms with Crippen LogP contribution in [-0.4, -0.2) is 25.5 Å². The lowest BCUT2D eigenvalue weighted by atomic mass is 9.96. The predicted molar refractivity (Wildman–Crippen MR) is 79.8 cm³/mol. The molecule has 1 aliphatic carbocycles. The molecular formula is C14H18ClNO4S. The highest BCUT2D eigenvalue weighted by atomic mass is 35.5. The van der Waals surface area contributed by atoms with Crippen molar-refractivity contribution in [2.45, 2.75) is 43.0 Å². The highest BCUT2D eigenvalue weighted by Crippen LogP contribution is 2.25. The van der Waals surface area contributed by atoms with Gasteiger partial charge in [0.25, 0.3) is 0 Å². The summed E-state index contributed by atoms with van der Waals surface area (Å²) in [6.07, 6.45) is 3.60. The van der Waals surface area contributed by atoms with Crippen LogP contribution in [0.3, 0.4) is 0 Å². The lowest BCUT2D eigenvalue weighted by Crippen LogP contribution is -2.42. The zero-order chi connectivity index (χ0) is 15.5. The van der Waals surface area contributed by atoms with E-state index in [1.807, 2.05) is 0 Å². The van der Waals surface area contributed by atoms with E-state index in [0.29, 0.717) is 17.9 Å². The summed E-state index contributed by atoms with van der Waals surface area (Å²) in [6, 6.07) is 5.37. The molecule has 2 rings (SSSR count). The van der Waals surface area contributed by atoms with Crippen LogP contribution in [0.15, 0.2) is 29.2 Å². The van der Waals surface area contributed by atoms with E-state index in [9.17, 15) is 18.3 Å². The fourth-order valence-electron chi connectivity index (χ4n) is 2.65. The third kappa shape index (κ3) is 4.18. The van der Waals surface area contributed by atoms with Gasteiger partial charge in [0.2, 0.25) is 10.0 Å². The first kappa shape index (κ1) is 16.3. The van der Waals surface area contributed by atoms with Crippen LogP contribution in [0.2, 0.25) is 5.02 Å². The molecule has 1 aromatic carbocycles. The Morgan fingerprint density at radius 1 is 1.24 bits per heavy atom. The van der Waals surface area contributed by atoms with Crippen molar-refractivity contribution in [3.63, 3.8) is 0 Å². The zero-order valence-corrected chi connectivity index (χ0v) is 13.0. The molecule has 0 bridgehead atoms. The van der Waals surface area contributed by atoms with Gasteiger partial charge in [0, 0.05) is 11.1 Å². The number of hydrogen-bond acceptors (Lipinski definition) is 3. The third-order valence-electron chi connectivity index (χ3n) is 3.75. The minimum absolute atomic E-state index is 0.0587. The Hall–Kier alpha value is -1.11. The third-order valence-corrected chi connectivity index (χ3v) is 5.47. The second-order valence-electron chi connectivity index (χ2n) is 5.27. The van der Waals surface area contributed by atoms with E-state index in [1.54, 1.807) is 12.1 Å². The fourth-order valence-corrected chi connectivity index (χ4v) is 4.26. The van der Waals surface area contributed by atoms with Crippen LogP contribution >= 0.6 is 11.6 Å². The van der Waals surface area contributed by atoms with E-state index < -0.39 is 28.0 Å². The number of aliphatic carboxylic acids is 1. The molecular weight excluding hydrogens is 314 g/mol. The van der Waals surface area contributed by atoms with Crippen LogP contribution in [0.4, 0.5) is 0 Å². The van der Waals surface area contributed by atoms with Crippen LogP contribution in [0.25, 0.3) is 0 Å². The second kappa shape index (κ2) is 6.77. The summed E-state index contributed by atoms with van der Waals surface area (Å²) in [5, 5.41) is 9.62. The number of nitrogens with one attached hydrogen (secondary N) is 1. The first-order valence-electron chi connectivity index (χ1n) is 6.91. The van der Waals surface area contributed by atoms with Crippen molar-refractivity contribution in [2.75, 3.05) is 0 Å². The second-order valence-corrected chi connectivity index (χ2v) is 7.42. The summed E-state index contributed by atoms with van der Waals surface area (Å²) >= 11 is 5.81. The topological polar surface area (TPSA) is 83.5 Å². The summed E-state index contributed by atoms with van der Waals surface area (Å²) in [5.74, 6) is -1.63. The molecule has 0 aromatic heterocycles. The Bertz CT molecular complexity index is 617. The lowest BCUT2D eigenvalue weighted by Gasteiger charge is -2.22. The summed E-state index contributed by atoms with van der Waals surface area (Å²) in [7, 11) is -3.76. The minimum Gasteiger partial charge on any atom is -0.481 e. The monoisotopic (exact) mass is 331 g/mol. The smallest absolute Gasteiger partial charge is 0.308 e. The molecule has 0 saturated heterocycles. The molecule has 21 heavy (non-hydrogen) atoms. The average molecular weight is 332 g/mol. The van der Waals surface area contributed by atoms with Gasteiger partial charge in [-0.15, -0.1) is 0 Å². The molecule has 2 N–H and O–H groups in total. The number of benzene rings is 1. The molecule has 7 heteroatoms. The van der Waals surface area contributed by atoms with E-state index in [2.05, 4.69) is 4.72 Å². The molecule has 0 heterocycles. The molecule has 116 valence electrons. The molecule has 0 spiro atoms. The van der Waals surface area contributed by atoms with E-state index >= 15 is 0 Å². The number of halogens is 1. The predicted octanol–water partition coefficient (Wildman–Crippen LogP) is 2.65. The number of carboxylic acid groups (broad SMARTS) is 1. The van der Waals surface area contributed by atoms with Gasteiger partial charge < -0.3 is 5.11 Å². The first-order chi connectivity index (χ1) is 9.90. The molecule has 1 aliphatic rings. The minimum atomic E-state index is -3.76. The lowest BCUT2D eigenvalue weighted by molar-refractivity contribution is -0.142. The van der Waals surface area contributed by atoms with Crippen LogP contribution in [-0.2, 0) is 14.8 Å². The van der Waals surface area contributed by atoms with E-state index in [4.69, 9.17) is 11.6 Å². The Morgan fingerprint density at radius 2 is 1.95 bits per heavy atom. The maximum atomic E-state index is 12.4. The van der Waals surface area contributed by atoms with Crippen molar-refractivity contribution >= 4 is 27.6 Å². The SMILES string of the molecule is O=C(O)C1CCCCCC1NS(=O)(=O)c1cccc(Cl)c1. The normalized spacial score (nSPS) is 23.5. The molecule has 5 nitrogen and oxygen atoms in total. The Kier molecular flexibility index (Phi) is 5.24.